The van der Waals surface area contributed by atoms with E-state index in [9.17, 15) is 8.78 Å². The van der Waals surface area contributed by atoms with E-state index in [4.69, 9.17) is 0 Å². The number of nitrogens with zero attached hydrogens (tertiary/aromatic N) is 2. The summed E-state index contributed by atoms with van der Waals surface area (Å²) >= 11 is 1.45. The first-order chi connectivity index (χ1) is 8.15. The summed E-state index contributed by atoms with van der Waals surface area (Å²) in [5.41, 5.74) is 0.949. The number of hydrogen-bond donors (Lipinski definition) is 0. The van der Waals surface area contributed by atoms with Crippen molar-refractivity contribution in [3.63, 3.8) is 0 Å². The third-order valence-corrected chi connectivity index (χ3v) is 3.39. The van der Waals surface area contributed by atoms with Crippen molar-refractivity contribution in [3.8, 4) is 11.3 Å². The lowest BCUT2D eigenvalue weighted by molar-refractivity contribution is 0.595. The van der Waals surface area contributed by atoms with Crippen molar-refractivity contribution in [2.24, 2.45) is 0 Å². The zero-order valence-corrected chi connectivity index (χ0v) is 9.76. The van der Waals surface area contributed by atoms with Crippen molar-refractivity contribution in [3.05, 3.63) is 47.1 Å². The van der Waals surface area contributed by atoms with Gasteiger partial charge < -0.3 is 0 Å². The maximum Gasteiger partial charge on any atom is 0.194 e. The van der Waals surface area contributed by atoms with Crippen molar-refractivity contribution >= 4 is 16.3 Å². The second-order valence-corrected chi connectivity index (χ2v) is 4.67. The molecule has 0 aliphatic heterocycles. The van der Waals surface area contributed by atoms with Gasteiger partial charge in [-0.15, -0.1) is 11.3 Å². The van der Waals surface area contributed by atoms with Crippen molar-refractivity contribution in [1.29, 1.82) is 0 Å². The van der Waals surface area contributed by atoms with E-state index in [0.29, 0.717) is 11.3 Å². The Hall–Kier alpha value is -1.75. The molecule has 0 saturated heterocycles. The third kappa shape index (κ3) is 1.63. The van der Waals surface area contributed by atoms with Gasteiger partial charge in [0.1, 0.15) is 11.6 Å². The summed E-state index contributed by atoms with van der Waals surface area (Å²) in [6.07, 6.45) is 3.53. The monoisotopic (exact) mass is 250 g/mol. The molecule has 3 aromatic rings. The van der Waals surface area contributed by atoms with Crippen LogP contribution in [0.2, 0.25) is 0 Å². The molecule has 2 heterocycles. The maximum absolute atomic E-state index is 13.7. The Kier molecular flexibility index (Phi) is 2.22. The summed E-state index contributed by atoms with van der Waals surface area (Å²) in [6, 6.07) is 2.38. The fourth-order valence-corrected chi connectivity index (χ4v) is 2.40. The number of benzene rings is 1. The molecule has 3 rings (SSSR count). The topological polar surface area (TPSA) is 17.3 Å². The summed E-state index contributed by atoms with van der Waals surface area (Å²) < 4.78 is 29.0. The van der Waals surface area contributed by atoms with Gasteiger partial charge in [-0.05, 0) is 24.6 Å². The molecule has 2 aromatic heterocycles. The van der Waals surface area contributed by atoms with Gasteiger partial charge >= 0.3 is 0 Å². The van der Waals surface area contributed by atoms with Crippen LogP contribution in [-0.4, -0.2) is 9.38 Å². The van der Waals surface area contributed by atoms with Crippen molar-refractivity contribution < 1.29 is 8.78 Å². The molecule has 0 N–H and O–H groups in total. The van der Waals surface area contributed by atoms with Crippen LogP contribution in [0.1, 0.15) is 5.56 Å². The predicted molar refractivity (Wildman–Crippen MR) is 63.2 cm³/mol. The minimum absolute atomic E-state index is 0.198. The SMILES string of the molecule is Cc1cc(F)c(-c2cn3ccsc3n2)cc1F. The zero-order chi connectivity index (χ0) is 12.0. The number of rotatable bonds is 1. The molecule has 0 radical (unpaired) electrons. The molecule has 0 amide bonds. The van der Waals surface area contributed by atoms with Gasteiger partial charge in [0.2, 0.25) is 0 Å². The molecule has 1 aromatic carbocycles. The number of hydrogen-bond acceptors (Lipinski definition) is 2. The maximum atomic E-state index is 13.7. The van der Waals surface area contributed by atoms with E-state index in [1.807, 2.05) is 11.6 Å². The largest absolute Gasteiger partial charge is 0.297 e. The Balaban J connectivity index is 2.21. The van der Waals surface area contributed by atoms with Crippen LogP contribution in [0.25, 0.3) is 16.2 Å². The molecular weight excluding hydrogens is 242 g/mol. The highest BCUT2D eigenvalue weighted by Gasteiger charge is 2.12. The summed E-state index contributed by atoms with van der Waals surface area (Å²) in [5.74, 6) is -0.868. The molecule has 0 unspecified atom stereocenters. The quantitative estimate of drug-likeness (QED) is 0.644. The Morgan fingerprint density at radius 1 is 1.24 bits per heavy atom. The van der Waals surface area contributed by atoms with Crippen LogP contribution in [-0.2, 0) is 0 Å². The Morgan fingerprint density at radius 2 is 2.06 bits per heavy atom. The molecule has 0 bridgehead atoms. The van der Waals surface area contributed by atoms with Crippen LogP contribution in [0.5, 0.6) is 0 Å². The molecule has 0 saturated carbocycles. The first-order valence-corrected chi connectivity index (χ1v) is 5.91. The Morgan fingerprint density at radius 3 is 2.82 bits per heavy atom. The summed E-state index contributed by atoms with van der Waals surface area (Å²) in [6.45, 7) is 1.54. The van der Waals surface area contributed by atoms with Gasteiger partial charge in [-0.2, -0.15) is 0 Å². The Labute approximate surface area is 100 Å². The highest BCUT2D eigenvalue weighted by molar-refractivity contribution is 7.15. The lowest BCUT2D eigenvalue weighted by Gasteiger charge is -2.02. The van der Waals surface area contributed by atoms with Crippen LogP contribution >= 0.6 is 11.3 Å². The molecule has 0 spiro atoms. The normalized spacial score (nSPS) is 11.2. The van der Waals surface area contributed by atoms with E-state index in [-0.39, 0.29) is 5.56 Å². The number of thiazole rings is 1. The second-order valence-electron chi connectivity index (χ2n) is 3.80. The van der Waals surface area contributed by atoms with E-state index < -0.39 is 11.6 Å². The van der Waals surface area contributed by atoms with E-state index in [1.165, 1.54) is 30.4 Å². The minimum atomic E-state index is -0.449. The van der Waals surface area contributed by atoms with Gasteiger partial charge in [0.25, 0.3) is 0 Å². The van der Waals surface area contributed by atoms with Crippen LogP contribution in [0.15, 0.2) is 29.9 Å². The van der Waals surface area contributed by atoms with E-state index >= 15 is 0 Å². The van der Waals surface area contributed by atoms with Gasteiger partial charge in [-0.25, -0.2) is 13.8 Å². The van der Waals surface area contributed by atoms with Gasteiger partial charge in [0.05, 0.1) is 5.69 Å². The van der Waals surface area contributed by atoms with Crippen LogP contribution < -0.4 is 0 Å². The highest BCUT2D eigenvalue weighted by Crippen LogP contribution is 2.26. The van der Waals surface area contributed by atoms with Gasteiger partial charge in [-0.3, -0.25) is 4.40 Å². The van der Waals surface area contributed by atoms with E-state index in [1.54, 1.807) is 10.6 Å². The van der Waals surface area contributed by atoms with Gasteiger partial charge in [0, 0.05) is 23.3 Å². The molecular formula is C12H8F2N2S. The molecule has 0 fully saturated rings. The molecule has 86 valence electrons. The minimum Gasteiger partial charge on any atom is -0.297 e. The number of imidazole rings is 1. The molecule has 0 aliphatic carbocycles. The third-order valence-electron chi connectivity index (χ3n) is 2.62. The number of fused-ring (bicyclic) bond motifs is 1. The van der Waals surface area contributed by atoms with Crippen LogP contribution in [0, 0.1) is 18.6 Å². The fourth-order valence-electron chi connectivity index (χ4n) is 1.70. The van der Waals surface area contributed by atoms with E-state index in [2.05, 4.69) is 4.98 Å². The van der Waals surface area contributed by atoms with Crippen molar-refractivity contribution in [2.45, 2.75) is 6.92 Å². The summed E-state index contributed by atoms with van der Waals surface area (Å²) in [5, 5.41) is 1.89. The molecule has 5 heteroatoms. The first kappa shape index (κ1) is 10.4. The predicted octanol–water partition coefficient (Wildman–Crippen LogP) is 3.65. The molecule has 17 heavy (non-hydrogen) atoms. The smallest absolute Gasteiger partial charge is 0.194 e. The van der Waals surface area contributed by atoms with Crippen molar-refractivity contribution in [1.82, 2.24) is 9.38 Å². The fraction of sp³-hybridized carbons (Fsp3) is 0.0833. The van der Waals surface area contributed by atoms with E-state index in [0.717, 1.165) is 4.96 Å². The summed E-state index contributed by atoms with van der Waals surface area (Å²) in [7, 11) is 0. The lowest BCUT2D eigenvalue weighted by Crippen LogP contribution is -1.90. The molecule has 2 nitrogen and oxygen atoms in total. The number of aryl methyl sites for hydroxylation is 1. The highest BCUT2D eigenvalue weighted by atomic mass is 32.1. The average Bonchev–Trinajstić information content (AvgIpc) is 2.83. The van der Waals surface area contributed by atoms with Crippen LogP contribution in [0.3, 0.4) is 0 Å². The number of halogens is 2. The van der Waals surface area contributed by atoms with Crippen LogP contribution in [0.4, 0.5) is 8.78 Å². The second kappa shape index (κ2) is 3.63. The first-order valence-electron chi connectivity index (χ1n) is 5.03. The number of aromatic nitrogens is 2. The van der Waals surface area contributed by atoms with Gasteiger partial charge in [-0.1, -0.05) is 0 Å². The average molecular weight is 250 g/mol. The molecule has 0 atom stereocenters. The standard InChI is InChI=1S/C12H8F2N2S/c1-7-4-10(14)8(5-9(7)13)11-6-16-2-3-17-12(16)15-11/h2-6H,1H3. The Bertz CT molecular complexity index is 671. The zero-order valence-electron chi connectivity index (χ0n) is 8.95. The molecule has 0 aliphatic rings. The van der Waals surface area contributed by atoms with Gasteiger partial charge in [0.15, 0.2) is 4.96 Å². The lowest BCUT2D eigenvalue weighted by atomic mass is 10.1. The van der Waals surface area contributed by atoms with Crippen molar-refractivity contribution in [2.75, 3.05) is 0 Å². The summed E-state index contributed by atoms with van der Waals surface area (Å²) in [4.78, 5) is 5.01.